The molecule has 0 spiro atoms. The quantitative estimate of drug-likeness (QED) is 0.798. The van der Waals surface area contributed by atoms with Gasteiger partial charge >= 0.3 is 5.97 Å². The van der Waals surface area contributed by atoms with Crippen LogP contribution in [-0.2, 0) is 11.3 Å². The van der Waals surface area contributed by atoms with Gasteiger partial charge in [-0.25, -0.2) is 4.79 Å². The van der Waals surface area contributed by atoms with E-state index in [1.807, 2.05) is 6.07 Å². The summed E-state index contributed by atoms with van der Waals surface area (Å²) in [6.07, 6.45) is 0. The number of nitrogens with zero attached hydrogens (tertiary/aromatic N) is 1. The lowest BCUT2D eigenvalue weighted by Gasteiger charge is -2.07. The first-order valence-corrected chi connectivity index (χ1v) is 6.47. The third kappa shape index (κ3) is 3.30. The van der Waals surface area contributed by atoms with E-state index >= 15 is 0 Å². The van der Waals surface area contributed by atoms with Gasteiger partial charge in [-0.1, -0.05) is 41.4 Å². The molecule has 2 aromatic rings. The molecule has 0 aliphatic carbocycles. The SMILES string of the molecule is N#Cc1ccccc1COC(=O)c1cc(Cl)ccc1Cl. The van der Waals surface area contributed by atoms with Crippen LogP contribution in [0.3, 0.4) is 0 Å². The van der Waals surface area contributed by atoms with E-state index in [-0.39, 0.29) is 17.2 Å². The van der Waals surface area contributed by atoms with Gasteiger partial charge in [0.2, 0.25) is 0 Å². The van der Waals surface area contributed by atoms with Gasteiger partial charge in [-0.2, -0.15) is 5.26 Å². The van der Waals surface area contributed by atoms with Gasteiger partial charge < -0.3 is 4.74 Å². The summed E-state index contributed by atoms with van der Waals surface area (Å²) in [5, 5.41) is 9.63. The zero-order valence-corrected chi connectivity index (χ0v) is 11.8. The molecule has 0 saturated carbocycles. The molecule has 0 atom stereocenters. The molecule has 0 aromatic heterocycles. The molecule has 3 nitrogen and oxygen atoms in total. The van der Waals surface area contributed by atoms with Crippen molar-refractivity contribution in [3.8, 4) is 6.07 Å². The van der Waals surface area contributed by atoms with Crippen molar-refractivity contribution in [3.63, 3.8) is 0 Å². The summed E-state index contributed by atoms with van der Waals surface area (Å²) in [6.45, 7) is 0.00537. The molecule has 0 amide bonds. The van der Waals surface area contributed by atoms with Crippen molar-refractivity contribution in [1.29, 1.82) is 5.26 Å². The first-order chi connectivity index (χ1) is 9.61. The molecule has 100 valence electrons. The van der Waals surface area contributed by atoms with E-state index in [9.17, 15) is 4.79 Å². The maximum absolute atomic E-state index is 11.9. The van der Waals surface area contributed by atoms with Gasteiger partial charge in [0.15, 0.2) is 0 Å². The van der Waals surface area contributed by atoms with E-state index in [1.54, 1.807) is 30.3 Å². The smallest absolute Gasteiger partial charge is 0.340 e. The van der Waals surface area contributed by atoms with Crippen LogP contribution in [0.4, 0.5) is 0 Å². The van der Waals surface area contributed by atoms with Crippen LogP contribution < -0.4 is 0 Å². The van der Waals surface area contributed by atoms with Gasteiger partial charge in [0.05, 0.1) is 22.2 Å². The van der Waals surface area contributed by atoms with Crippen LogP contribution in [0.1, 0.15) is 21.5 Å². The molecule has 2 aromatic carbocycles. The highest BCUT2D eigenvalue weighted by Crippen LogP contribution is 2.22. The second-order valence-electron chi connectivity index (χ2n) is 3.97. The fourth-order valence-electron chi connectivity index (χ4n) is 1.63. The van der Waals surface area contributed by atoms with Crippen molar-refractivity contribution in [2.24, 2.45) is 0 Å². The molecule has 0 saturated heterocycles. The molecule has 5 heteroatoms. The number of nitriles is 1. The molecule has 20 heavy (non-hydrogen) atoms. The summed E-state index contributed by atoms with van der Waals surface area (Å²) >= 11 is 11.7. The number of hydrogen-bond acceptors (Lipinski definition) is 3. The highest BCUT2D eigenvalue weighted by atomic mass is 35.5. The predicted octanol–water partition coefficient (Wildman–Crippen LogP) is 4.22. The molecule has 2 rings (SSSR count). The Labute approximate surface area is 126 Å². The van der Waals surface area contributed by atoms with Crippen molar-refractivity contribution in [1.82, 2.24) is 0 Å². The molecule has 0 unspecified atom stereocenters. The van der Waals surface area contributed by atoms with Gasteiger partial charge in [-0.05, 0) is 24.3 Å². The Kier molecular flexibility index (Phi) is 4.62. The lowest BCUT2D eigenvalue weighted by Crippen LogP contribution is -2.06. The molecule has 0 heterocycles. The maximum Gasteiger partial charge on any atom is 0.340 e. The van der Waals surface area contributed by atoms with E-state index in [4.69, 9.17) is 33.2 Å². The fraction of sp³-hybridized carbons (Fsp3) is 0.0667. The number of benzene rings is 2. The van der Waals surface area contributed by atoms with Crippen LogP contribution in [-0.4, -0.2) is 5.97 Å². The van der Waals surface area contributed by atoms with Crippen LogP contribution in [0.2, 0.25) is 10.0 Å². The molecule has 0 aliphatic rings. The largest absolute Gasteiger partial charge is 0.457 e. The van der Waals surface area contributed by atoms with E-state index in [2.05, 4.69) is 0 Å². The second kappa shape index (κ2) is 6.42. The van der Waals surface area contributed by atoms with Crippen molar-refractivity contribution in [3.05, 3.63) is 69.2 Å². The summed E-state index contributed by atoms with van der Waals surface area (Å²) in [7, 11) is 0. The Hall–Kier alpha value is -2.02. The van der Waals surface area contributed by atoms with E-state index in [0.717, 1.165) is 0 Å². The minimum absolute atomic E-state index is 0.00537. The number of carbonyl (C=O) groups is 1. The lowest BCUT2D eigenvalue weighted by molar-refractivity contribution is 0.0472. The van der Waals surface area contributed by atoms with Crippen LogP contribution >= 0.6 is 23.2 Å². The summed E-state index contributed by atoms with van der Waals surface area (Å²) < 4.78 is 5.16. The second-order valence-corrected chi connectivity index (χ2v) is 4.81. The Morgan fingerprint density at radius 3 is 2.70 bits per heavy atom. The highest BCUT2D eigenvalue weighted by molar-refractivity contribution is 6.35. The van der Waals surface area contributed by atoms with Crippen molar-refractivity contribution in [2.75, 3.05) is 0 Å². The molecule has 0 fully saturated rings. The lowest BCUT2D eigenvalue weighted by atomic mass is 10.1. The summed E-state index contributed by atoms with van der Waals surface area (Å²) in [4.78, 5) is 11.9. The highest BCUT2D eigenvalue weighted by Gasteiger charge is 2.13. The first kappa shape index (κ1) is 14.4. The molecule has 0 N–H and O–H groups in total. The minimum atomic E-state index is -0.578. The summed E-state index contributed by atoms with van der Waals surface area (Å²) in [5.41, 5.74) is 1.31. The normalized spacial score (nSPS) is 9.85. The van der Waals surface area contributed by atoms with Gasteiger partial charge in [0, 0.05) is 10.6 Å². The van der Waals surface area contributed by atoms with Gasteiger partial charge in [-0.15, -0.1) is 0 Å². The molecule has 0 aliphatic heterocycles. The van der Waals surface area contributed by atoms with Crippen molar-refractivity contribution >= 4 is 29.2 Å². The Morgan fingerprint density at radius 1 is 1.20 bits per heavy atom. The minimum Gasteiger partial charge on any atom is -0.457 e. The number of hydrogen-bond donors (Lipinski definition) is 0. The third-order valence-corrected chi connectivity index (χ3v) is 3.21. The standard InChI is InChI=1S/C15H9Cl2NO2/c16-12-5-6-14(17)13(7-12)15(19)20-9-11-4-2-1-3-10(11)8-18/h1-7H,9H2. The van der Waals surface area contributed by atoms with Crippen LogP contribution in [0.25, 0.3) is 0 Å². The van der Waals surface area contributed by atoms with Crippen molar-refractivity contribution in [2.45, 2.75) is 6.61 Å². The summed E-state index contributed by atoms with van der Waals surface area (Å²) in [6, 6.07) is 13.5. The third-order valence-electron chi connectivity index (χ3n) is 2.64. The molecule has 0 bridgehead atoms. The predicted molar refractivity (Wildman–Crippen MR) is 76.7 cm³/mol. The number of rotatable bonds is 3. The van der Waals surface area contributed by atoms with Crippen molar-refractivity contribution < 1.29 is 9.53 Å². The van der Waals surface area contributed by atoms with E-state index < -0.39 is 5.97 Å². The number of carbonyl (C=O) groups excluding carboxylic acids is 1. The molecule has 0 radical (unpaired) electrons. The van der Waals surface area contributed by atoms with Gasteiger partial charge in [-0.3, -0.25) is 0 Å². The Bertz CT molecular complexity index is 693. The maximum atomic E-state index is 11.9. The van der Waals surface area contributed by atoms with E-state index in [1.165, 1.54) is 12.1 Å². The van der Waals surface area contributed by atoms with Crippen LogP contribution in [0.5, 0.6) is 0 Å². The first-order valence-electron chi connectivity index (χ1n) is 5.72. The monoisotopic (exact) mass is 305 g/mol. The summed E-state index contributed by atoms with van der Waals surface area (Å²) in [5.74, 6) is -0.578. The Balaban J connectivity index is 2.13. The van der Waals surface area contributed by atoms with Gasteiger partial charge in [0.25, 0.3) is 0 Å². The zero-order valence-electron chi connectivity index (χ0n) is 10.3. The van der Waals surface area contributed by atoms with E-state index in [0.29, 0.717) is 16.1 Å². The number of esters is 1. The van der Waals surface area contributed by atoms with Crippen LogP contribution in [0.15, 0.2) is 42.5 Å². The zero-order chi connectivity index (χ0) is 14.5. The average molecular weight is 306 g/mol. The number of halogens is 2. The molecular weight excluding hydrogens is 297 g/mol. The fourth-order valence-corrected chi connectivity index (χ4v) is 2.00. The average Bonchev–Trinajstić information content (AvgIpc) is 2.47. The molecular formula is C15H9Cl2NO2. The Morgan fingerprint density at radius 2 is 1.95 bits per heavy atom. The number of ether oxygens (including phenoxy) is 1. The van der Waals surface area contributed by atoms with Crippen LogP contribution in [0, 0.1) is 11.3 Å². The van der Waals surface area contributed by atoms with Gasteiger partial charge in [0.1, 0.15) is 6.61 Å². The topological polar surface area (TPSA) is 50.1 Å².